The summed E-state index contributed by atoms with van der Waals surface area (Å²) >= 11 is 0. The van der Waals surface area contributed by atoms with Gasteiger partial charge >= 0.3 is 0 Å². The summed E-state index contributed by atoms with van der Waals surface area (Å²) in [5, 5.41) is 1.09. The third-order valence-electron chi connectivity index (χ3n) is 6.49. The Kier molecular flexibility index (Phi) is 4.49. The van der Waals surface area contributed by atoms with Crippen LogP contribution < -0.4 is 0 Å². The molecule has 2 amide bonds. The summed E-state index contributed by atoms with van der Waals surface area (Å²) in [6.45, 7) is 8.51. The Morgan fingerprint density at radius 2 is 1.93 bits per heavy atom. The van der Waals surface area contributed by atoms with Gasteiger partial charge in [-0.05, 0) is 69.7 Å². The number of carbonyl (C=O) groups excluding carboxylic acids is 2. The Balaban J connectivity index is 1.68. The molecule has 2 aromatic rings. The average molecular weight is 367 g/mol. The fourth-order valence-electron chi connectivity index (χ4n) is 4.96. The lowest BCUT2D eigenvalue weighted by atomic mass is 9.85. The lowest BCUT2D eigenvalue weighted by Gasteiger charge is -2.44. The lowest BCUT2D eigenvalue weighted by molar-refractivity contribution is -0.145. The van der Waals surface area contributed by atoms with Crippen molar-refractivity contribution in [2.45, 2.75) is 58.4 Å². The summed E-state index contributed by atoms with van der Waals surface area (Å²) in [6, 6.07) is 5.86. The van der Waals surface area contributed by atoms with E-state index in [1.165, 1.54) is 5.56 Å². The highest BCUT2D eigenvalue weighted by molar-refractivity contribution is 6.02. The van der Waals surface area contributed by atoms with Gasteiger partial charge in [-0.1, -0.05) is 6.92 Å². The van der Waals surface area contributed by atoms with E-state index >= 15 is 0 Å². The van der Waals surface area contributed by atoms with Crippen LogP contribution in [-0.2, 0) is 4.79 Å². The second-order valence-electron chi connectivity index (χ2n) is 8.12. The van der Waals surface area contributed by atoms with Crippen molar-refractivity contribution < 1.29 is 9.59 Å². The van der Waals surface area contributed by atoms with Gasteiger partial charge in [0, 0.05) is 41.8 Å². The number of aromatic amines is 1. The molecule has 5 heteroatoms. The Morgan fingerprint density at radius 1 is 1.19 bits per heavy atom. The number of hydrogen-bond donors (Lipinski definition) is 1. The van der Waals surface area contributed by atoms with Crippen molar-refractivity contribution in [2.24, 2.45) is 0 Å². The van der Waals surface area contributed by atoms with Gasteiger partial charge in [0.25, 0.3) is 5.91 Å². The largest absolute Gasteiger partial charge is 0.358 e. The number of nitrogens with zero attached hydrogens (tertiary/aromatic N) is 2. The number of H-pyrrole nitrogens is 1. The first-order valence-electron chi connectivity index (χ1n) is 10.2. The smallest absolute Gasteiger partial charge is 0.254 e. The van der Waals surface area contributed by atoms with Crippen molar-refractivity contribution in [1.29, 1.82) is 0 Å². The van der Waals surface area contributed by atoms with Crippen LogP contribution in [0.2, 0.25) is 0 Å². The Labute approximate surface area is 160 Å². The quantitative estimate of drug-likeness (QED) is 0.897. The number of fused-ring (bicyclic) bond motifs is 1. The van der Waals surface area contributed by atoms with Gasteiger partial charge in [0.15, 0.2) is 0 Å². The maximum Gasteiger partial charge on any atom is 0.254 e. The van der Waals surface area contributed by atoms with Crippen LogP contribution in [0.1, 0.15) is 60.6 Å². The average Bonchev–Trinajstić information content (AvgIpc) is 3.21. The van der Waals surface area contributed by atoms with Crippen molar-refractivity contribution in [2.75, 3.05) is 19.6 Å². The minimum absolute atomic E-state index is 0.000600. The molecule has 1 N–H and O–H groups in total. The number of hydrogen-bond acceptors (Lipinski definition) is 2. The Bertz CT molecular complexity index is 898. The van der Waals surface area contributed by atoms with Crippen molar-refractivity contribution in [3.05, 3.63) is 35.0 Å². The highest BCUT2D eigenvalue weighted by atomic mass is 16.2. The molecule has 0 radical (unpaired) electrons. The first kappa shape index (κ1) is 18.1. The van der Waals surface area contributed by atoms with Crippen LogP contribution in [0.25, 0.3) is 10.9 Å². The van der Waals surface area contributed by atoms with Crippen molar-refractivity contribution in [3.8, 4) is 0 Å². The van der Waals surface area contributed by atoms with E-state index in [0.29, 0.717) is 12.1 Å². The van der Waals surface area contributed by atoms with Crippen LogP contribution in [0.4, 0.5) is 0 Å². The first-order valence-corrected chi connectivity index (χ1v) is 10.2. The summed E-state index contributed by atoms with van der Waals surface area (Å²) in [6.07, 6.45) is 4.43. The monoisotopic (exact) mass is 367 g/mol. The summed E-state index contributed by atoms with van der Waals surface area (Å²) in [4.78, 5) is 33.9. The van der Waals surface area contributed by atoms with Gasteiger partial charge in [0.05, 0.1) is 0 Å². The molecule has 0 saturated carbocycles. The first-order chi connectivity index (χ1) is 13.0. The van der Waals surface area contributed by atoms with E-state index in [4.69, 9.17) is 0 Å². The van der Waals surface area contributed by atoms with Crippen LogP contribution in [0.5, 0.6) is 0 Å². The topological polar surface area (TPSA) is 56.4 Å². The zero-order valence-corrected chi connectivity index (χ0v) is 16.6. The molecule has 2 aliphatic heterocycles. The van der Waals surface area contributed by atoms with Gasteiger partial charge in [-0.3, -0.25) is 9.59 Å². The van der Waals surface area contributed by atoms with E-state index in [0.717, 1.165) is 61.8 Å². The predicted octanol–water partition coefficient (Wildman–Crippen LogP) is 3.79. The fraction of sp³-hybridized carbons (Fsp3) is 0.545. The molecule has 1 spiro atoms. The number of carbonyl (C=O) groups is 2. The number of amides is 2. The summed E-state index contributed by atoms with van der Waals surface area (Å²) in [5.41, 5.74) is 3.43. The van der Waals surface area contributed by atoms with Crippen LogP contribution in [0.15, 0.2) is 18.2 Å². The van der Waals surface area contributed by atoms with Gasteiger partial charge in [0.1, 0.15) is 5.54 Å². The van der Waals surface area contributed by atoms with E-state index in [1.807, 2.05) is 28.0 Å². The second-order valence-corrected chi connectivity index (χ2v) is 8.12. The van der Waals surface area contributed by atoms with Gasteiger partial charge in [-0.25, -0.2) is 0 Å². The predicted molar refractivity (Wildman–Crippen MR) is 107 cm³/mol. The molecule has 1 aromatic heterocycles. The number of likely N-dealkylation sites (tertiary alicyclic amines) is 2. The van der Waals surface area contributed by atoms with Crippen molar-refractivity contribution in [3.63, 3.8) is 0 Å². The van der Waals surface area contributed by atoms with Crippen molar-refractivity contribution in [1.82, 2.24) is 14.8 Å². The molecule has 27 heavy (non-hydrogen) atoms. The van der Waals surface area contributed by atoms with Gasteiger partial charge < -0.3 is 14.8 Å². The number of benzene rings is 1. The molecular weight excluding hydrogens is 338 g/mol. The highest BCUT2D eigenvalue weighted by Crippen LogP contribution is 2.39. The summed E-state index contributed by atoms with van der Waals surface area (Å²) in [7, 11) is 0. The lowest BCUT2D eigenvalue weighted by Crippen LogP contribution is -2.61. The molecule has 2 aliphatic rings. The standard InChI is InChI=1S/C22H29N3O2/c1-4-11-24-12-5-9-22(21(24)27)10-6-13-25(22)20(26)17-7-8-19-18(14-17)15(2)16(3)23-19/h7-8,14,23H,4-6,9-13H2,1-3H3. The van der Waals surface area contributed by atoms with Crippen LogP contribution >= 0.6 is 0 Å². The maximum absolute atomic E-state index is 13.4. The minimum atomic E-state index is -0.622. The zero-order chi connectivity index (χ0) is 19.2. The van der Waals surface area contributed by atoms with E-state index in [9.17, 15) is 9.59 Å². The molecule has 5 nitrogen and oxygen atoms in total. The second kappa shape index (κ2) is 6.70. The number of aromatic nitrogens is 1. The van der Waals surface area contributed by atoms with Gasteiger partial charge in [-0.2, -0.15) is 0 Å². The van der Waals surface area contributed by atoms with E-state index in [1.54, 1.807) is 0 Å². The molecule has 2 fully saturated rings. The molecule has 1 unspecified atom stereocenters. The summed E-state index contributed by atoms with van der Waals surface area (Å²) in [5.74, 6) is 0.163. The molecule has 1 atom stereocenters. The Hall–Kier alpha value is -2.30. The molecule has 4 rings (SSSR count). The molecular formula is C22H29N3O2. The third kappa shape index (κ3) is 2.75. The molecule has 0 aliphatic carbocycles. The SMILES string of the molecule is CCCN1CCCC2(CCCN2C(=O)c2ccc3[nH]c(C)c(C)c3c2)C1=O. The van der Waals surface area contributed by atoms with Crippen LogP contribution in [0.3, 0.4) is 0 Å². The molecule has 2 saturated heterocycles. The molecule has 0 bridgehead atoms. The molecule has 3 heterocycles. The Morgan fingerprint density at radius 3 is 2.67 bits per heavy atom. The van der Waals surface area contributed by atoms with Gasteiger partial charge in [0.2, 0.25) is 5.91 Å². The van der Waals surface area contributed by atoms with E-state index in [2.05, 4.69) is 25.8 Å². The fourth-order valence-corrected chi connectivity index (χ4v) is 4.96. The van der Waals surface area contributed by atoms with Crippen LogP contribution in [-0.4, -0.2) is 51.8 Å². The number of piperidine rings is 1. The highest BCUT2D eigenvalue weighted by Gasteiger charge is 2.52. The third-order valence-corrected chi connectivity index (χ3v) is 6.49. The minimum Gasteiger partial charge on any atom is -0.358 e. The van der Waals surface area contributed by atoms with E-state index in [-0.39, 0.29) is 11.8 Å². The van der Waals surface area contributed by atoms with Gasteiger partial charge in [-0.15, -0.1) is 0 Å². The number of nitrogens with one attached hydrogen (secondary N) is 1. The molecule has 1 aromatic carbocycles. The van der Waals surface area contributed by atoms with Crippen LogP contribution in [0, 0.1) is 13.8 Å². The number of rotatable bonds is 3. The molecule has 144 valence electrons. The van der Waals surface area contributed by atoms with Crippen molar-refractivity contribution >= 4 is 22.7 Å². The normalized spacial score (nSPS) is 23.0. The number of aryl methyl sites for hydroxylation is 2. The van der Waals surface area contributed by atoms with E-state index < -0.39 is 5.54 Å². The zero-order valence-electron chi connectivity index (χ0n) is 16.6. The maximum atomic E-state index is 13.4. The summed E-state index contributed by atoms with van der Waals surface area (Å²) < 4.78 is 0.